The molecule has 0 amide bonds. The number of nitrogens with zero attached hydrogens (tertiary/aromatic N) is 5. The van der Waals surface area contributed by atoms with Crippen molar-refractivity contribution in [1.82, 2.24) is 19.2 Å². The Kier molecular flexibility index (Phi) is 8.34. The maximum absolute atomic E-state index is 15.6. The number of ether oxygens (including phenoxy) is 1. The predicted octanol–water partition coefficient (Wildman–Crippen LogP) is 5.38. The van der Waals surface area contributed by atoms with Gasteiger partial charge >= 0.3 is 0 Å². The van der Waals surface area contributed by atoms with Crippen LogP contribution in [0.4, 0.5) is 4.39 Å². The van der Waals surface area contributed by atoms with Crippen molar-refractivity contribution in [2.24, 2.45) is 0 Å². The lowest BCUT2D eigenvalue weighted by atomic mass is 9.92. The molecule has 9 heteroatoms. The molecule has 1 aliphatic carbocycles. The highest BCUT2D eigenvalue weighted by Crippen LogP contribution is 2.32. The number of benzene rings is 2. The fourth-order valence-corrected chi connectivity index (χ4v) is 5.75. The van der Waals surface area contributed by atoms with Gasteiger partial charge in [0.25, 0.3) is 5.56 Å². The molecule has 0 unspecified atom stereocenters. The molecule has 2 aromatic heterocycles. The summed E-state index contributed by atoms with van der Waals surface area (Å²) in [5.74, 6) is 0.0822. The maximum Gasteiger partial charge on any atom is 0.259 e. The average molecular weight is 558 g/mol. The summed E-state index contributed by atoms with van der Waals surface area (Å²) in [6.07, 6.45) is 6.01. The molecule has 1 saturated carbocycles. The van der Waals surface area contributed by atoms with Gasteiger partial charge in [0.15, 0.2) is 0 Å². The summed E-state index contributed by atoms with van der Waals surface area (Å²) in [5, 5.41) is 24.0. The normalized spacial score (nSPS) is 17.6. The van der Waals surface area contributed by atoms with Crippen molar-refractivity contribution in [3.05, 3.63) is 87.3 Å². The van der Waals surface area contributed by atoms with Crippen LogP contribution >= 0.6 is 0 Å². The van der Waals surface area contributed by atoms with Gasteiger partial charge in [0.1, 0.15) is 12.1 Å². The van der Waals surface area contributed by atoms with Crippen LogP contribution in [0.1, 0.15) is 81.3 Å². The summed E-state index contributed by atoms with van der Waals surface area (Å²) in [6.45, 7) is 5.75. The van der Waals surface area contributed by atoms with Gasteiger partial charge in [0, 0.05) is 18.0 Å². The topological polar surface area (TPSA) is 105 Å². The van der Waals surface area contributed by atoms with E-state index in [1.165, 1.54) is 12.4 Å². The van der Waals surface area contributed by atoms with Gasteiger partial charge in [-0.15, -0.1) is 0 Å². The van der Waals surface area contributed by atoms with Gasteiger partial charge in [-0.2, -0.15) is 15.3 Å². The third kappa shape index (κ3) is 6.09. The van der Waals surface area contributed by atoms with Gasteiger partial charge in [-0.25, -0.2) is 8.91 Å². The van der Waals surface area contributed by atoms with Crippen molar-refractivity contribution in [2.75, 3.05) is 6.61 Å². The molecule has 5 rings (SSSR count). The lowest BCUT2D eigenvalue weighted by Gasteiger charge is -2.32. The summed E-state index contributed by atoms with van der Waals surface area (Å²) < 4.78 is 25.0. The van der Waals surface area contributed by atoms with Gasteiger partial charge in [0.2, 0.25) is 5.78 Å². The van der Waals surface area contributed by atoms with Crippen LogP contribution in [-0.4, -0.2) is 42.6 Å². The fourth-order valence-electron chi connectivity index (χ4n) is 5.75. The number of aryl methyl sites for hydroxylation is 1. The summed E-state index contributed by atoms with van der Waals surface area (Å²) in [5.41, 5.74) is 2.39. The third-order valence-corrected chi connectivity index (χ3v) is 7.77. The molecule has 1 aliphatic rings. The van der Waals surface area contributed by atoms with E-state index in [1.54, 1.807) is 53.3 Å². The van der Waals surface area contributed by atoms with E-state index in [2.05, 4.69) is 16.2 Å². The van der Waals surface area contributed by atoms with E-state index in [-0.39, 0.29) is 30.7 Å². The molecule has 4 aromatic rings. The number of aliphatic hydroxyl groups is 1. The monoisotopic (exact) mass is 557 g/mol. The van der Waals surface area contributed by atoms with Crippen LogP contribution in [0, 0.1) is 17.1 Å². The molecule has 8 nitrogen and oxygen atoms in total. The Bertz CT molecular complexity index is 1640. The van der Waals surface area contributed by atoms with Crippen molar-refractivity contribution < 1.29 is 14.2 Å². The van der Waals surface area contributed by atoms with Crippen molar-refractivity contribution in [3.63, 3.8) is 0 Å². The van der Waals surface area contributed by atoms with E-state index >= 15 is 4.39 Å². The summed E-state index contributed by atoms with van der Waals surface area (Å²) >= 11 is 0. The predicted molar refractivity (Wildman–Crippen MR) is 154 cm³/mol. The molecule has 214 valence electrons. The van der Waals surface area contributed by atoms with E-state index in [1.807, 2.05) is 13.0 Å². The van der Waals surface area contributed by atoms with E-state index in [4.69, 9.17) is 4.74 Å². The summed E-state index contributed by atoms with van der Waals surface area (Å²) in [7, 11) is 0. The molecule has 0 aliphatic heterocycles. The maximum atomic E-state index is 15.6. The molecule has 1 N–H and O–H groups in total. The molecule has 2 aromatic carbocycles. The SMILES string of the molecule is CCCc1c(Cc2ccc(-c3ccccc3C#N)cc2F)c(=O)n(C2CCC(OCC(C)(C)O)CC2)c2ncnn12. The Morgan fingerprint density at radius 3 is 2.61 bits per heavy atom. The largest absolute Gasteiger partial charge is 0.388 e. The van der Waals surface area contributed by atoms with Crippen molar-refractivity contribution in [1.29, 1.82) is 5.26 Å². The van der Waals surface area contributed by atoms with Gasteiger partial charge < -0.3 is 9.84 Å². The lowest BCUT2D eigenvalue weighted by Crippen LogP contribution is -2.36. The zero-order valence-corrected chi connectivity index (χ0v) is 23.8. The standard InChI is InChI=1S/C32H36FN5O3/c1-4-7-29-27(16-22-11-10-21(17-28(22)33)26-9-6-5-8-23(26)18-34)30(39)37(31-35-20-36-38(29)31)24-12-14-25(15-13-24)41-19-32(2,3)40/h5-6,8-11,17,20,24-25,40H,4,7,12-16,19H2,1-3H3. The second-order valence-corrected chi connectivity index (χ2v) is 11.5. The second kappa shape index (κ2) is 11.9. The molecule has 0 radical (unpaired) electrons. The smallest absolute Gasteiger partial charge is 0.259 e. The van der Waals surface area contributed by atoms with Gasteiger partial charge in [-0.1, -0.05) is 43.7 Å². The minimum atomic E-state index is -0.891. The zero-order valence-electron chi connectivity index (χ0n) is 23.8. The van der Waals surface area contributed by atoms with E-state index in [0.717, 1.165) is 37.8 Å². The molecule has 0 spiro atoms. The number of aromatic nitrogens is 4. The average Bonchev–Trinajstić information content (AvgIpc) is 3.44. The van der Waals surface area contributed by atoms with Crippen molar-refractivity contribution in [2.45, 2.75) is 83.5 Å². The van der Waals surface area contributed by atoms with Crippen LogP contribution in [0.2, 0.25) is 0 Å². The number of nitriles is 1. The minimum Gasteiger partial charge on any atom is -0.388 e. The quantitative estimate of drug-likeness (QED) is 0.296. The first-order valence-electron chi connectivity index (χ1n) is 14.3. The Labute approximate surface area is 239 Å². The minimum absolute atomic E-state index is 0.0277. The molecule has 41 heavy (non-hydrogen) atoms. The second-order valence-electron chi connectivity index (χ2n) is 11.5. The molecule has 0 bridgehead atoms. The number of halogens is 1. The van der Waals surface area contributed by atoms with Crippen LogP contribution in [0.25, 0.3) is 16.9 Å². The number of fused-ring (bicyclic) bond motifs is 1. The fraction of sp³-hybridized carbons (Fsp3) is 0.438. The number of rotatable bonds is 9. The van der Waals surface area contributed by atoms with Gasteiger partial charge in [-0.3, -0.25) is 9.36 Å². The van der Waals surface area contributed by atoms with Gasteiger partial charge in [-0.05, 0) is 74.8 Å². The molecular weight excluding hydrogens is 521 g/mol. The van der Waals surface area contributed by atoms with Crippen LogP contribution in [0.15, 0.2) is 53.6 Å². The molecular formula is C32H36FN5O3. The molecule has 2 heterocycles. The van der Waals surface area contributed by atoms with E-state index < -0.39 is 11.4 Å². The number of hydrogen-bond donors (Lipinski definition) is 1. The third-order valence-electron chi connectivity index (χ3n) is 7.77. The molecule has 1 fully saturated rings. The highest BCUT2D eigenvalue weighted by Gasteiger charge is 2.29. The Morgan fingerprint density at radius 1 is 1.17 bits per heavy atom. The Balaban J connectivity index is 1.49. The van der Waals surface area contributed by atoms with Crippen LogP contribution < -0.4 is 5.56 Å². The summed E-state index contributed by atoms with van der Waals surface area (Å²) in [6, 6.07) is 14.1. The van der Waals surface area contributed by atoms with Crippen LogP contribution in [-0.2, 0) is 17.6 Å². The van der Waals surface area contributed by atoms with E-state index in [0.29, 0.717) is 40.0 Å². The van der Waals surface area contributed by atoms with Crippen molar-refractivity contribution >= 4 is 5.78 Å². The number of hydrogen-bond acceptors (Lipinski definition) is 6. The van der Waals surface area contributed by atoms with Crippen molar-refractivity contribution in [3.8, 4) is 17.2 Å². The van der Waals surface area contributed by atoms with Crippen LogP contribution in [0.5, 0.6) is 0 Å². The lowest BCUT2D eigenvalue weighted by molar-refractivity contribution is -0.0654. The Hall–Kier alpha value is -3.87. The first-order valence-corrected chi connectivity index (χ1v) is 14.3. The highest BCUT2D eigenvalue weighted by molar-refractivity contribution is 5.70. The highest BCUT2D eigenvalue weighted by atomic mass is 19.1. The van der Waals surface area contributed by atoms with Crippen LogP contribution in [0.3, 0.4) is 0 Å². The molecule has 0 atom stereocenters. The zero-order chi connectivity index (χ0) is 29.1. The first-order chi connectivity index (χ1) is 19.7. The van der Waals surface area contributed by atoms with E-state index in [9.17, 15) is 15.2 Å². The molecule has 0 saturated heterocycles. The first kappa shape index (κ1) is 28.7. The van der Waals surface area contributed by atoms with Gasteiger partial charge in [0.05, 0.1) is 35.6 Å². The Morgan fingerprint density at radius 2 is 1.93 bits per heavy atom. The summed E-state index contributed by atoms with van der Waals surface area (Å²) in [4.78, 5) is 18.6.